The Morgan fingerprint density at radius 1 is 1.19 bits per heavy atom. The highest BCUT2D eigenvalue weighted by Crippen LogP contribution is 2.31. The van der Waals surface area contributed by atoms with Crippen LogP contribution in [0.25, 0.3) is 27.0 Å². The van der Waals surface area contributed by atoms with Gasteiger partial charge in [0.15, 0.2) is 5.78 Å². The van der Waals surface area contributed by atoms with Crippen LogP contribution >= 0.6 is 11.3 Å². The second-order valence-electron chi connectivity index (χ2n) is 8.47. The van der Waals surface area contributed by atoms with Crippen molar-refractivity contribution in [2.45, 2.75) is 39.7 Å². The van der Waals surface area contributed by atoms with Crippen LogP contribution in [0.2, 0.25) is 0 Å². The number of ketones is 1. The number of aliphatic hydroxyl groups excluding tert-OH is 1. The van der Waals surface area contributed by atoms with E-state index in [4.69, 9.17) is 0 Å². The van der Waals surface area contributed by atoms with E-state index in [-0.39, 0.29) is 23.4 Å². The number of rotatable bonds is 4. The second-order valence-corrected chi connectivity index (χ2v) is 9.33. The predicted molar refractivity (Wildman–Crippen MR) is 123 cm³/mol. The van der Waals surface area contributed by atoms with Gasteiger partial charge < -0.3 is 5.11 Å². The summed E-state index contributed by atoms with van der Waals surface area (Å²) in [6.07, 6.45) is 1.68. The molecule has 0 bridgehead atoms. The van der Waals surface area contributed by atoms with Gasteiger partial charge in [0.1, 0.15) is 10.7 Å². The first kappa shape index (κ1) is 21.1. The summed E-state index contributed by atoms with van der Waals surface area (Å²) in [4.78, 5) is 29.3. The number of hydrogen-bond acceptors (Lipinski definition) is 6. The summed E-state index contributed by atoms with van der Waals surface area (Å²) in [5.74, 6) is -0.119. The predicted octanol–water partition coefficient (Wildman–Crippen LogP) is 4.50. The van der Waals surface area contributed by atoms with Gasteiger partial charge in [-0.3, -0.25) is 9.59 Å². The number of aromatic nitrogens is 3. The molecule has 0 saturated heterocycles. The van der Waals surface area contributed by atoms with Gasteiger partial charge in [0.05, 0.1) is 23.9 Å². The fraction of sp³-hybridized carbons (Fsp3) is 0.250. The molecule has 0 saturated carbocycles. The molecule has 6 nitrogen and oxygen atoms in total. The Kier molecular flexibility index (Phi) is 5.33. The number of benzene rings is 2. The molecule has 7 heteroatoms. The Labute approximate surface area is 183 Å². The monoisotopic (exact) mass is 433 g/mol. The number of carbonyl (C=O) groups is 1. The summed E-state index contributed by atoms with van der Waals surface area (Å²) >= 11 is 1.32. The largest absolute Gasteiger partial charge is 0.392 e. The number of fused-ring (bicyclic) bond motifs is 1. The first-order chi connectivity index (χ1) is 14.7. The van der Waals surface area contributed by atoms with Gasteiger partial charge >= 0.3 is 0 Å². The van der Waals surface area contributed by atoms with E-state index in [2.05, 4.69) is 30.9 Å². The third kappa shape index (κ3) is 3.82. The van der Waals surface area contributed by atoms with Crippen molar-refractivity contribution in [1.82, 2.24) is 14.8 Å². The molecule has 0 spiro atoms. The van der Waals surface area contributed by atoms with E-state index < -0.39 is 0 Å². The molecular weight excluding hydrogens is 410 g/mol. The Morgan fingerprint density at radius 2 is 1.97 bits per heavy atom. The molecular formula is C24H23N3O3S. The number of hydrogen-bond donors (Lipinski definition) is 1. The summed E-state index contributed by atoms with van der Waals surface area (Å²) in [6.45, 7) is 7.54. The van der Waals surface area contributed by atoms with Gasteiger partial charge in [-0.05, 0) is 29.2 Å². The highest BCUT2D eigenvalue weighted by Gasteiger charge is 2.18. The smallest absolute Gasteiger partial charge is 0.279 e. The van der Waals surface area contributed by atoms with Crippen LogP contribution in [0.4, 0.5) is 0 Å². The zero-order valence-electron chi connectivity index (χ0n) is 17.8. The molecule has 2 aromatic heterocycles. The Morgan fingerprint density at radius 3 is 2.61 bits per heavy atom. The van der Waals surface area contributed by atoms with Gasteiger partial charge in [-0.15, -0.1) is 11.3 Å². The van der Waals surface area contributed by atoms with Crippen LogP contribution in [0, 0.1) is 0 Å². The first-order valence-electron chi connectivity index (χ1n) is 9.93. The van der Waals surface area contributed by atoms with Crippen LogP contribution in [0.3, 0.4) is 0 Å². The Hall–Kier alpha value is -3.16. The minimum absolute atomic E-state index is 0.0339. The van der Waals surface area contributed by atoms with Gasteiger partial charge in [-0.25, -0.2) is 4.98 Å². The molecule has 0 amide bonds. The van der Waals surface area contributed by atoms with E-state index in [9.17, 15) is 14.7 Å². The van der Waals surface area contributed by atoms with Crippen molar-refractivity contribution < 1.29 is 9.90 Å². The summed E-state index contributed by atoms with van der Waals surface area (Å²) in [7, 11) is 0. The number of carbonyl (C=O) groups excluding carboxylic acids is 1. The molecule has 1 N–H and O–H groups in total. The third-order valence-electron chi connectivity index (χ3n) is 5.29. The van der Waals surface area contributed by atoms with Crippen molar-refractivity contribution in [3.63, 3.8) is 0 Å². The summed E-state index contributed by atoms with van der Waals surface area (Å²) in [5.41, 5.74) is 2.92. The maximum absolute atomic E-state index is 13.3. The van der Waals surface area contributed by atoms with Crippen molar-refractivity contribution >= 4 is 27.9 Å². The minimum atomic E-state index is -0.296. The van der Waals surface area contributed by atoms with Crippen molar-refractivity contribution in [3.05, 3.63) is 75.1 Å². The topological polar surface area (TPSA) is 85.1 Å². The van der Waals surface area contributed by atoms with Crippen LogP contribution in [0.15, 0.2) is 52.8 Å². The molecule has 0 radical (unpaired) electrons. The molecule has 0 aliphatic heterocycles. The van der Waals surface area contributed by atoms with Crippen molar-refractivity contribution in [2.75, 3.05) is 0 Å². The van der Waals surface area contributed by atoms with Crippen LogP contribution in [0.5, 0.6) is 0 Å². The van der Waals surface area contributed by atoms with E-state index in [0.717, 1.165) is 10.9 Å². The van der Waals surface area contributed by atoms with E-state index >= 15 is 0 Å². The van der Waals surface area contributed by atoms with Gasteiger partial charge in [0.25, 0.3) is 5.56 Å². The molecule has 0 fully saturated rings. The lowest BCUT2D eigenvalue weighted by atomic mass is 9.86. The van der Waals surface area contributed by atoms with E-state index in [1.165, 1.54) is 22.9 Å². The van der Waals surface area contributed by atoms with Crippen LogP contribution in [0.1, 0.15) is 49.3 Å². The fourth-order valence-corrected chi connectivity index (χ4v) is 4.40. The number of Topliss-reactive ketones (excluding diaryl/α,β-unsaturated/α-hetero) is 1. The summed E-state index contributed by atoms with van der Waals surface area (Å²) in [5, 5.41) is 18.2. The summed E-state index contributed by atoms with van der Waals surface area (Å²) < 4.78 is 1.31. The molecule has 0 aliphatic rings. The second kappa shape index (κ2) is 7.83. The normalized spacial score (nSPS) is 11.8. The number of thiazole rings is 1. The lowest BCUT2D eigenvalue weighted by Gasteiger charge is -2.19. The van der Waals surface area contributed by atoms with Crippen molar-refractivity contribution in [1.29, 1.82) is 0 Å². The standard InChI is InChI=1S/C24H23N3O3S/c1-14(29)20-13-31-22(26-20)18-6-5-7-21(19(18)12-28)27-23(30)17-9-8-16(24(2,3)4)10-15(17)11-25-27/h5-11,13,28H,12H2,1-4H3. The maximum atomic E-state index is 13.3. The number of nitrogens with zero attached hydrogens (tertiary/aromatic N) is 3. The van der Waals surface area contributed by atoms with Crippen LogP contribution < -0.4 is 5.56 Å². The highest BCUT2D eigenvalue weighted by atomic mass is 32.1. The average Bonchev–Trinajstić information content (AvgIpc) is 3.23. The Balaban J connectivity index is 1.88. The molecule has 31 heavy (non-hydrogen) atoms. The molecule has 4 aromatic rings. The van der Waals surface area contributed by atoms with E-state index in [0.29, 0.717) is 32.9 Å². The average molecular weight is 434 g/mol. The fourth-order valence-electron chi connectivity index (χ4n) is 3.49. The molecule has 0 unspecified atom stereocenters. The van der Waals surface area contributed by atoms with Gasteiger partial charge in [0, 0.05) is 28.8 Å². The van der Waals surface area contributed by atoms with Crippen molar-refractivity contribution in [2.24, 2.45) is 0 Å². The van der Waals surface area contributed by atoms with Crippen molar-refractivity contribution in [3.8, 4) is 16.3 Å². The van der Waals surface area contributed by atoms with Gasteiger partial charge in [-0.2, -0.15) is 9.78 Å². The highest BCUT2D eigenvalue weighted by molar-refractivity contribution is 7.13. The third-order valence-corrected chi connectivity index (χ3v) is 6.16. The zero-order chi connectivity index (χ0) is 22.3. The Bertz CT molecular complexity index is 1360. The zero-order valence-corrected chi connectivity index (χ0v) is 18.7. The summed E-state index contributed by atoms with van der Waals surface area (Å²) in [6, 6.07) is 11.2. The molecule has 2 aromatic carbocycles. The van der Waals surface area contributed by atoms with Crippen LogP contribution in [-0.2, 0) is 12.0 Å². The number of aliphatic hydroxyl groups is 1. The lowest BCUT2D eigenvalue weighted by molar-refractivity contribution is 0.101. The van der Waals surface area contributed by atoms with Gasteiger partial charge in [-0.1, -0.05) is 39.0 Å². The van der Waals surface area contributed by atoms with E-state index in [1.807, 2.05) is 24.3 Å². The quantitative estimate of drug-likeness (QED) is 0.479. The molecule has 158 valence electrons. The molecule has 0 atom stereocenters. The lowest BCUT2D eigenvalue weighted by Crippen LogP contribution is -2.23. The maximum Gasteiger partial charge on any atom is 0.279 e. The van der Waals surface area contributed by atoms with Crippen LogP contribution in [-0.4, -0.2) is 25.7 Å². The minimum Gasteiger partial charge on any atom is -0.392 e. The molecule has 4 rings (SSSR count). The SMILES string of the molecule is CC(=O)c1csc(-c2cccc(-n3ncc4cc(C(C)(C)C)ccc4c3=O)c2CO)n1. The molecule has 2 heterocycles. The first-order valence-corrected chi connectivity index (χ1v) is 10.8. The molecule has 0 aliphatic carbocycles. The van der Waals surface area contributed by atoms with Gasteiger partial charge in [0.2, 0.25) is 0 Å². The van der Waals surface area contributed by atoms with E-state index in [1.54, 1.807) is 23.7 Å².